The van der Waals surface area contributed by atoms with Crippen LogP contribution < -0.4 is 0 Å². The summed E-state index contributed by atoms with van der Waals surface area (Å²) in [6.07, 6.45) is 2.48. The molecule has 0 aromatic heterocycles. The van der Waals surface area contributed by atoms with E-state index in [-0.39, 0.29) is 5.41 Å². The first-order valence-corrected chi connectivity index (χ1v) is 6.91. The van der Waals surface area contributed by atoms with Crippen molar-refractivity contribution in [1.29, 1.82) is 0 Å². The average molecular weight is 238 g/mol. The van der Waals surface area contributed by atoms with Gasteiger partial charge in [-0.05, 0) is 25.3 Å². The number of carbonyl (C=O) groups is 1. The SMILES string of the molecule is CC1CCN(C2CCN(C(=O)C(C)(C)C)C2)C1. The summed E-state index contributed by atoms with van der Waals surface area (Å²) in [5, 5.41) is 0. The van der Waals surface area contributed by atoms with Crippen molar-refractivity contribution in [2.24, 2.45) is 11.3 Å². The van der Waals surface area contributed by atoms with Gasteiger partial charge in [0, 0.05) is 31.1 Å². The molecule has 17 heavy (non-hydrogen) atoms. The first kappa shape index (κ1) is 12.9. The third-order valence-electron chi connectivity index (χ3n) is 4.06. The van der Waals surface area contributed by atoms with Crippen LogP contribution in [-0.4, -0.2) is 47.9 Å². The summed E-state index contributed by atoms with van der Waals surface area (Å²) in [5.41, 5.74) is -0.229. The summed E-state index contributed by atoms with van der Waals surface area (Å²) in [4.78, 5) is 16.8. The van der Waals surface area contributed by atoms with Gasteiger partial charge in [-0.3, -0.25) is 9.69 Å². The molecule has 2 saturated heterocycles. The summed E-state index contributed by atoms with van der Waals surface area (Å²) < 4.78 is 0. The van der Waals surface area contributed by atoms with E-state index < -0.39 is 0 Å². The number of amides is 1. The van der Waals surface area contributed by atoms with Gasteiger partial charge in [-0.15, -0.1) is 0 Å². The summed E-state index contributed by atoms with van der Waals surface area (Å²) in [6, 6.07) is 0.617. The second-order valence-electron chi connectivity index (χ2n) is 6.83. The van der Waals surface area contributed by atoms with E-state index in [1.807, 2.05) is 20.8 Å². The van der Waals surface area contributed by atoms with Crippen molar-refractivity contribution < 1.29 is 4.79 Å². The topological polar surface area (TPSA) is 23.6 Å². The number of rotatable bonds is 1. The summed E-state index contributed by atoms with van der Waals surface area (Å²) in [6.45, 7) is 12.7. The van der Waals surface area contributed by atoms with Gasteiger partial charge in [-0.1, -0.05) is 27.7 Å². The van der Waals surface area contributed by atoms with Crippen molar-refractivity contribution in [2.75, 3.05) is 26.2 Å². The summed E-state index contributed by atoms with van der Waals surface area (Å²) in [5.74, 6) is 1.15. The lowest BCUT2D eigenvalue weighted by Crippen LogP contribution is -2.41. The van der Waals surface area contributed by atoms with Gasteiger partial charge >= 0.3 is 0 Å². The van der Waals surface area contributed by atoms with Crippen LogP contribution in [0.2, 0.25) is 0 Å². The average Bonchev–Trinajstić information content (AvgIpc) is 2.83. The van der Waals surface area contributed by atoms with Crippen LogP contribution in [0.15, 0.2) is 0 Å². The largest absolute Gasteiger partial charge is 0.341 e. The number of likely N-dealkylation sites (tertiary alicyclic amines) is 2. The highest BCUT2D eigenvalue weighted by molar-refractivity contribution is 5.81. The lowest BCUT2D eigenvalue weighted by atomic mass is 9.95. The van der Waals surface area contributed by atoms with E-state index in [1.54, 1.807) is 0 Å². The minimum Gasteiger partial charge on any atom is -0.341 e. The molecule has 0 saturated carbocycles. The van der Waals surface area contributed by atoms with Gasteiger partial charge in [-0.2, -0.15) is 0 Å². The Kier molecular flexibility index (Phi) is 3.48. The van der Waals surface area contributed by atoms with Crippen LogP contribution in [0.1, 0.15) is 40.5 Å². The molecule has 0 radical (unpaired) electrons. The van der Waals surface area contributed by atoms with E-state index in [9.17, 15) is 4.79 Å². The van der Waals surface area contributed by atoms with E-state index in [0.717, 1.165) is 25.4 Å². The Morgan fingerprint density at radius 1 is 1.12 bits per heavy atom. The molecular formula is C14H26N2O. The lowest BCUT2D eigenvalue weighted by molar-refractivity contribution is -0.138. The quantitative estimate of drug-likeness (QED) is 0.697. The van der Waals surface area contributed by atoms with E-state index in [2.05, 4.69) is 16.7 Å². The maximum atomic E-state index is 12.2. The number of nitrogens with zero attached hydrogens (tertiary/aromatic N) is 2. The maximum absolute atomic E-state index is 12.2. The first-order chi connectivity index (χ1) is 7.88. The molecule has 2 aliphatic heterocycles. The minimum atomic E-state index is -0.229. The molecule has 0 aliphatic carbocycles. The Bertz CT molecular complexity index is 295. The summed E-state index contributed by atoms with van der Waals surface area (Å²) >= 11 is 0. The second kappa shape index (κ2) is 4.60. The predicted molar refractivity (Wildman–Crippen MR) is 69.8 cm³/mol. The third-order valence-corrected chi connectivity index (χ3v) is 4.06. The van der Waals surface area contributed by atoms with Gasteiger partial charge in [0.15, 0.2) is 0 Å². The van der Waals surface area contributed by atoms with Crippen LogP contribution in [0.5, 0.6) is 0 Å². The smallest absolute Gasteiger partial charge is 0.228 e. The second-order valence-corrected chi connectivity index (χ2v) is 6.83. The molecule has 1 amide bonds. The zero-order valence-corrected chi connectivity index (χ0v) is 11.7. The normalized spacial score (nSPS) is 31.2. The van der Waals surface area contributed by atoms with Crippen molar-refractivity contribution in [3.8, 4) is 0 Å². The van der Waals surface area contributed by atoms with Crippen molar-refractivity contribution in [3.05, 3.63) is 0 Å². The molecule has 3 heteroatoms. The van der Waals surface area contributed by atoms with Crippen molar-refractivity contribution in [3.63, 3.8) is 0 Å². The molecule has 2 fully saturated rings. The minimum absolute atomic E-state index is 0.229. The van der Waals surface area contributed by atoms with E-state index >= 15 is 0 Å². The Morgan fingerprint density at radius 3 is 2.35 bits per heavy atom. The van der Waals surface area contributed by atoms with Gasteiger partial charge in [0.05, 0.1) is 0 Å². The molecule has 0 aromatic rings. The van der Waals surface area contributed by atoms with E-state index in [4.69, 9.17) is 0 Å². The number of hydrogen-bond acceptors (Lipinski definition) is 2. The van der Waals surface area contributed by atoms with Crippen molar-refractivity contribution in [2.45, 2.75) is 46.6 Å². The highest BCUT2D eigenvalue weighted by atomic mass is 16.2. The highest BCUT2D eigenvalue weighted by Gasteiger charge is 2.36. The molecule has 2 unspecified atom stereocenters. The number of hydrogen-bond donors (Lipinski definition) is 0. The van der Waals surface area contributed by atoms with E-state index in [0.29, 0.717) is 11.9 Å². The molecule has 2 heterocycles. The summed E-state index contributed by atoms with van der Waals surface area (Å²) in [7, 11) is 0. The fourth-order valence-corrected chi connectivity index (χ4v) is 3.00. The molecule has 0 spiro atoms. The highest BCUT2D eigenvalue weighted by Crippen LogP contribution is 2.26. The zero-order chi connectivity index (χ0) is 12.6. The molecule has 0 aromatic carbocycles. The van der Waals surface area contributed by atoms with Crippen LogP contribution in [0.3, 0.4) is 0 Å². The Hall–Kier alpha value is -0.570. The standard InChI is InChI=1S/C14H26N2O/c1-11-5-7-15(9-11)12-6-8-16(10-12)13(17)14(2,3)4/h11-12H,5-10H2,1-4H3. The molecular weight excluding hydrogens is 212 g/mol. The molecule has 0 bridgehead atoms. The van der Waals surface area contributed by atoms with Crippen LogP contribution in [0.4, 0.5) is 0 Å². The molecule has 0 N–H and O–H groups in total. The molecule has 2 rings (SSSR count). The Morgan fingerprint density at radius 2 is 1.82 bits per heavy atom. The number of carbonyl (C=O) groups excluding carboxylic acids is 1. The van der Waals surface area contributed by atoms with Gasteiger partial charge < -0.3 is 4.90 Å². The lowest BCUT2D eigenvalue weighted by Gasteiger charge is -2.27. The van der Waals surface area contributed by atoms with Crippen molar-refractivity contribution >= 4 is 5.91 Å². The molecule has 98 valence electrons. The Labute approximate surface area is 105 Å². The van der Waals surface area contributed by atoms with Gasteiger partial charge in [0.25, 0.3) is 0 Å². The van der Waals surface area contributed by atoms with Crippen LogP contribution in [-0.2, 0) is 4.79 Å². The maximum Gasteiger partial charge on any atom is 0.228 e. The van der Waals surface area contributed by atoms with Gasteiger partial charge in [0.2, 0.25) is 5.91 Å². The van der Waals surface area contributed by atoms with Gasteiger partial charge in [-0.25, -0.2) is 0 Å². The van der Waals surface area contributed by atoms with Crippen LogP contribution in [0.25, 0.3) is 0 Å². The van der Waals surface area contributed by atoms with Crippen LogP contribution >= 0.6 is 0 Å². The monoisotopic (exact) mass is 238 g/mol. The van der Waals surface area contributed by atoms with E-state index in [1.165, 1.54) is 19.5 Å². The zero-order valence-electron chi connectivity index (χ0n) is 11.7. The first-order valence-electron chi connectivity index (χ1n) is 6.91. The third kappa shape index (κ3) is 2.82. The van der Waals surface area contributed by atoms with Crippen molar-refractivity contribution in [1.82, 2.24) is 9.80 Å². The Balaban J connectivity index is 1.89. The van der Waals surface area contributed by atoms with Crippen LogP contribution in [0, 0.1) is 11.3 Å². The molecule has 2 aliphatic rings. The molecule has 3 nitrogen and oxygen atoms in total. The fraction of sp³-hybridized carbons (Fsp3) is 0.929. The van der Waals surface area contributed by atoms with Gasteiger partial charge in [0.1, 0.15) is 0 Å². The fourth-order valence-electron chi connectivity index (χ4n) is 3.00. The molecule has 2 atom stereocenters. The predicted octanol–water partition coefficient (Wildman–Crippen LogP) is 1.98.